The Morgan fingerprint density at radius 2 is 0.517 bits per heavy atom. The van der Waals surface area contributed by atoms with Crippen molar-refractivity contribution in [1.29, 1.82) is 0 Å². The first-order chi connectivity index (χ1) is 68.4. The molecule has 0 N–H and O–H groups in total. The van der Waals surface area contributed by atoms with Crippen LogP contribution < -0.4 is 35.7 Å². The maximum absolute atomic E-state index is 6.69. The van der Waals surface area contributed by atoms with Crippen molar-refractivity contribution in [2.45, 2.75) is 98.2 Å². The van der Waals surface area contributed by atoms with E-state index in [-0.39, 0.29) is 21.1 Å². The molecule has 0 bridgehead atoms. The summed E-state index contributed by atoms with van der Waals surface area (Å²) in [5, 5.41) is 16.8. The molecule has 0 unspecified atom stereocenters. The molecule has 24 aromatic rings. The standard InChI is InChI=1S/C50H43N5O2Si2.C50H41N5O2Si2.C20H18BrNOSi.Pt/c2*1-58(2,3)35-15-17-44(53-29-35)42-27-33(25-40-38-11-7-9-13-47(38)56-49(40)42)55(46-31-52-24-21-37(46)32-19-22-51-23-20-32)34-26-41-39-12-8-10-14-48(39)57-50(41)43(28-34)45-18-16-36(30-54-45)59(4,5)6;1-24(2,3)14-8-9-18(22-12-14)17-11-13(21)10-16-15-6-4-5-7-19(15)23-20(16)17;/h7-31H,1-6H3;7-26,29-31H,1-6H3;4-12H,1-3H3;/q;-2;;+2. The summed E-state index contributed by atoms with van der Waals surface area (Å²) >= 11 is 3.63. The summed E-state index contributed by atoms with van der Waals surface area (Å²) in [5.74, 6) is 0. The van der Waals surface area contributed by atoms with E-state index in [0.29, 0.717) is 0 Å². The molecule has 143 heavy (non-hydrogen) atoms. The molecule has 14 aromatic heterocycles. The van der Waals surface area contributed by atoms with E-state index in [1.54, 1.807) is 0 Å². The van der Waals surface area contributed by atoms with Crippen LogP contribution in [-0.4, -0.2) is 85.2 Å². The average Bonchev–Trinajstić information content (AvgIpc) is 1.62. The zero-order valence-electron chi connectivity index (χ0n) is 82.1. The number of nitrogens with zero attached hydrogens (tertiary/aromatic N) is 11. The van der Waals surface area contributed by atoms with Gasteiger partial charge in [0.15, 0.2) is 0 Å². The topological polar surface area (TPSA) is 188 Å². The third kappa shape index (κ3) is 18.4. The number of halogens is 1. The van der Waals surface area contributed by atoms with Gasteiger partial charge in [0.25, 0.3) is 0 Å². The van der Waals surface area contributed by atoms with Crippen LogP contribution in [0.4, 0.5) is 34.1 Å². The molecule has 0 spiro atoms. The monoisotopic (exact) mass is 2190 g/mol. The van der Waals surface area contributed by atoms with Crippen LogP contribution in [0.25, 0.3) is 188 Å². The van der Waals surface area contributed by atoms with E-state index in [1.807, 2.05) is 190 Å². The van der Waals surface area contributed by atoms with Crippen LogP contribution in [-0.2, 0) is 21.1 Å². The van der Waals surface area contributed by atoms with Crippen LogP contribution >= 0.6 is 15.9 Å². The maximum Gasteiger partial charge on any atom is 2.00 e. The Bertz CT molecular complexity index is 8180. The van der Waals surface area contributed by atoms with Gasteiger partial charge in [-0.3, -0.25) is 34.9 Å². The molecule has 23 heteroatoms. The summed E-state index contributed by atoms with van der Waals surface area (Å²) in [4.78, 5) is 47.8. The number of fused-ring (bicyclic) bond motifs is 15. The quantitative estimate of drug-likeness (QED) is 0.0582. The Hall–Kier alpha value is -14.6. The van der Waals surface area contributed by atoms with Crippen molar-refractivity contribution < 1.29 is 43.2 Å². The van der Waals surface area contributed by atoms with E-state index in [2.05, 4.69) is 304 Å². The molecule has 0 aliphatic rings. The molecule has 16 nitrogen and oxygen atoms in total. The Morgan fingerprint density at radius 3 is 0.825 bits per heavy atom. The van der Waals surface area contributed by atoms with Crippen LogP contribution in [0.1, 0.15) is 0 Å². The summed E-state index contributed by atoms with van der Waals surface area (Å²) in [7, 11) is -7.74. The van der Waals surface area contributed by atoms with E-state index >= 15 is 0 Å². The predicted octanol–water partition coefficient (Wildman–Crippen LogP) is 30.8. The van der Waals surface area contributed by atoms with Crippen LogP contribution in [0.5, 0.6) is 0 Å². The molecule has 0 radical (unpaired) electrons. The zero-order valence-corrected chi connectivity index (χ0v) is 90.9. The first-order valence-corrected chi connectivity index (χ1v) is 66.2. The molecule has 0 aliphatic carbocycles. The summed E-state index contributed by atoms with van der Waals surface area (Å²) in [6.45, 7) is 35.1. The first-order valence-electron chi connectivity index (χ1n) is 47.9. The fourth-order valence-electron chi connectivity index (χ4n) is 18.8. The smallest absolute Gasteiger partial charge is 0.501 e. The van der Waals surface area contributed by atoms with Crippen molar-refractivity contribution >= 4 is 226 Å². The third-order valence-corrected chi connectivity index (χ3v) is 37.3. The number of benzene rings is 10. The molecule has 0 saturated heterocycles. The van der Waals surface area contributed by atoms with Gasteiger partial charge in [-0.05, 0) is 181 Å². The van der Waals surface area contributed by atoms with Crippen LogP contribution in [0.3, 0.4) is 0 Å². The number of pyridine rings is 9. The molecule has 704 valence electrons. The van der Waals surface area contributed by atoms with E-state index in [0.717, 1.165) is 227 Å². The number of anilines is 6. The molecular formula is C120H102BrN11O5PtSi5. The van der Waals surface area contributed by atoms with E-state index in [4.69, 9.17) is 57.0 Å². The predicted molar refractivity (Wildman–Crippen MR) is 604 cm³/mol. The molecular weight excluding hydrogens is 2090 g/mol. The number of furan rings is 5. The van der Waals surface area contributed by atoms with Gasteiger partial charge in [-0.2, -0.15) is 0 Å². The normalized spacial score (nSPS) is 12.1. The summed E-state index contributed by atoms with van der Waals surface area (Å²) in [6, 6.07) is 100. The fraction of sp³-hybridized carbons (Fsp3) is 0.125. The Balaban J connectivity index is 0.000000137. The minimum atomic E-state index is -1.61. The van der Waals surface area contributed by atoms with Crippen molar-refractivity contribution in [2.75, 3.05) is 9.80 Å². The van der Waals surface area contributed by atoms with Gasteiger partial charge in [0, 0.05) is 155 Å². The Morgan fingerprint density at radius 1 is 0.245 bits per heavy atom. The third-order valence-electron chi connectivity index (χ3n) is 26.7. The molecule has 0 amide bonds. The second-order valence-electron chi connectivity index (χ2n) is 41.4. The van der Waals surface area contributed by atoms with Gasteiger partial charge in [0.2, 0.25) is 0 Å². The molecule has 0 atom stereocenters. The van der Waals surface area contributed by atoms with Crippen molar-refractivity contribution in [1.82, 2.24) is 44.9 Å². The number of hydrogen-bond acceptors (Lipinski definition) is 16. The minimum Gasteiger partial charge on any atom is -0.501 e. The summed E-state index contributed by atoms with van der Waals surface area (Å²) < 4.78 is 33.9. The second-order valence-corrected chi connectivity index (χ2v) is 67.7. The van der Waals surface area contributed by atoms with Crippen LogP contribution in [0.2, 0.25) is 98.2 Å². The minimum absolute atomic E-state index is 0. The first kappa shape index (κ1) is 94.6. The summed E-state index contributed by atoms with van der Waals surface area (Å²) in [6.07, 6.45) is 25.0. The molecule has 24 rings (SSSR count). The average molecular weight is 2190 g/mol. The number of aromatic nitrogens is 9. The van der Waals surface area contributed by atoms with Gasteiger partial charge in [0.05, 0.1) is 92.4 Å². The largest absolute Gasteiger partial charge is 2.00 e. The van der Waals surface area contributed by atoms with Gasteiger partial charge in [-0.25, -0.2) is 0 Å². The molecule has 10 aromatic carbocycles. The molecule has 14 heterocycles. The van der Waals surface area contributed by atoms with Crippen molar-refractivity contribution in [2.24, 2.45) is 0 Å². The summed E-state index contributed by atoms with van der Waals surface area (Å²) in [5.41, 5.74) is 25.9. The van der Waals surface area contributed by atoms with Crippen molar-refractivity contribution in [3.63, 3.8) is 0 Å². The zero-order chi connectivity index (χ0) is 97.8. The number of para-hydroxylation sites is 5. The van der Waals surface area contributed by atoms with Gasteiger partial charge in [0.1, 0.15) is 44.7 Å². The van der Waals surface area contributed by atoms with E-state index in [9.17, 15) is 0 Å². The van der Waals surface area contributed by atoms with Gasteiger partial charge >= 0.3 is 21.1 Å². The number of hydrogen-bond donors (Lipinski definition) is 0. The van der Waals surface area contributed by atoms with Crippen molar-refractivity contribution in [3.8, 4) is 78.5 Å². The van der Waals surface area contributed by atoms with Gasteiger partial charge < -0.3 is 41.9 Å². The Labute approximate surface area is 857 Å². The molecule has 0 aliphatic heterocycles. The van der Waals surface area contributed by atoms with Gasteiger partial charge in [-0.1, -0.05) is 269 Å². The van der Waals surface area contributed by atoms with Crippen LogP contribution in [0, 0.1) is 12.1 Å². The number of rotatable bonds is 18. The van der Waals surface area contributed by atoms with Crippen LogP contribution in [0.15, 0.2) is 374 Å². The Kier molecular flexibility index (Phi) is 24.9. The van der Waals surface area contributed by atoms with E-state index in [1.165, 1.54) is 25.9 Å². The SMILES string of the molecule is C[Si](C)(C)c1ccc(-c2[c-]c(N(c3[c-]c(-c4ccc([Si](C)(C)C)cn4)c4oc5ccccc5c4c3)c3cnccc3-c3ccncc3)cc3c2oc2ccccc23)nc1.C[Si](C)(C)c1ccc(-c2cc(Br)cc3c2oc2ccccc23)nc1.C[Si](C)(C)c1ccc(-c2cc(N(c3cc(-c4ccc([Si](C)(C)C)cn4)c4oc5ccccc5c4c3)c3cnccc3-c3ccncc3)cc3c2oc2ccccc23)nc1.[Pt+2]. The van der Waals surface area contributed by atoms with Gasteiger partial charge in [-0.15, -0.1) is 24.3 Å². The fourth-order valence-corrected chi connectivity index (χ4v) is 24.4. The maximum atomic E-state index is 6.69. The molecule has 0 fully saturated rings. The van der Waals surface area contributed by atoms with Crippen molar-refractivity contribution in [3.05, 3.63) is 364 Å². The molecule has 0 saturated carbocycles. The second kappa shape index (κ2) is 37.7. The van der Waals surface area contributed by atoms with E-state index < -0.39 is 40.4 Å².